The van der Waals surface area contributed by atoms with Crippen LogP contribution in [0.25, 0.3) is 10.8 Å². The van der Waals surface area contributed by atoms with Crippen LogP contribution in [-0.2, 0) is 0 Å². The zero-order valence-corrected chi connectivity index (χ0v) is 13.6. The van der Waals surface area contributed by atoms with Gasteiger partial charge in [-0.3, -0.25) is 0 Å². The van der Waals surface area contributed by atoms with Crippen LogP contribution in [-0.4, -0.2) is 12.4 Å². The number of benzene rings is 2. The largest absolute Gasteiger partial charge is 0.368 e. The molecule has 0 atom stereocenters. The highest BCUT2D eigenvalue weighted by Crippen LogP contribution is 2.30. The van der Waals surface area contributed by atoms with Gasteiger partial charge in [-0.2, -0.15) is 0 Å². The molecule has 3 aliphatic heterocycles. The first-order chi connectivity index (χ1) is 12.4. The highest BCUT2D eigenvalue weighted by Gasteiger charge is 2.16. The quantitative estimate of drug-likeness (QED) is 0.695. The van der Waals surface area contributed by atoms with Gasteiger partial charge in [0, 0.05) is 35.9 Å². The third kappa shape index (κ3) is 2.35. The topological polar surface area (TPSA) is 29.4 Å². The number of nitrogens with zero attached hydrogens (tertiary/aromatic N) is 2. The predicted molar refractivity (Wildman–Crippen MR) is 106 cm³/mol. The Hall–Kier alpha value is -3.55. The number of hydrogen-bond donors (Lipinski definition) is 1. The maximum atomic E-state index is 4.37. The average Bonchev–Trinajstić information content (AvgIpc) is 2.69. The summed E-state index contributed by atoms with van der Waals surface area (Å²) in [5.41, 5.74) is 5.89. The second-order valence-corrected chi connectivity index (χ2v) is 6.17. The van der Waals surface area contributed by atoms with Crippen LogP contribution in [0.5, 0.6) is 0 Å². The van der Waals surface area contributed by atoms with Crippen molar-refractivity contribution in [1.29, 1.82) is 0 Å². The van der Waals surface area contributed by atoms with Crippen molar-refractivity contribution < 1.29 is 0 Å². The van der Waals surface area contributed by atoms with E-state index >= 15 is 0 Å². The van der Waals surface area contributed by atoms with Crippen molar-refractivity contribution in [1.82, 2.24) is 9.98 Å². The molecule has 0 radical (unpaired) electrons. The molecule has 0 bridgehead atoms. The van der Waals surface area contributed by atoms with E-state index in [9.17, 15) is 0 Å². The van der Waals surface area contributed by atoms with Crippen LogP contribution in [0.1, 0.15) is 11.1 Å². The van der Waals surface area contributed by atoms with Crippen LogP contribution in [0.4, 0.5) is 5.69 Å². The van der Waals surface area contributed by atoms with E-state index in [0.29, 0.717) is 0 Å². The fourth-order valence-corrected chi connectivity index (χ4v) is 3.40. The average molecular weight is 322 g/mol. The van der Waals surface area contributed by atoms with Crippen molar-refractivity contribution in [3.05, 3.63) is 102 Å². The Morgan fingerprint density at radius 2 is 1.56 bits per heavy atom. The van der Waals surface area contributed by atoms with E-state index in [4.69, 9.17) is 0 Å². The van der Waals surface area contributed by atoms with Crippen LogP contribution in [0, 0.1) is 0 Å². The first-order valence-electron chi connectivity index (χ1n) is 8.30. The molecule has 0 unspecified atom stereocenters. The minimum Gasteiger partial charge on any atom is -0.368 e. The van der Waals surface area contributed by atoms with Crippen molar-refractivity contribution in [3.8, 4) is 0 Å². The van der Waals surface area contributed by atoms with Gasteiger partial charge in [0.2, 0.25) is 0 Å². The first kappa shape index (κ1) is 13.8. The molecular weight excluding hydrogens is 306 g/mol. The normalized spacial score (nSPS) is 16.9. The van der Waals surface area contributed by atoms with Gasteiger partial charge in [-0.15, -0.1) is 0 Å². The molecule has 2 aromatic carbocycles. The summed E-state index contributed by atoms with van der Waals surface area (Å²) < 4.78 is 4.37. The monoisotopic (exact) mass is 322 g/mol. The van der Waals surface area contributed by atoms with Crippen LogP contribution >= 0.6 is 0 Å². The molecule has 0 fully saturated rings. The van der Waals surface area contributed by atoms with Crippen molar-refractivity contribution in [2.24, 2.45) is 0 Å². The van der Waals surface area contributed by atoms with Gasteiger partial charge in [-0.25, -0.2) is 0 Å². The van der Waals surface area contributed by atoms with Gasteiger partial charge >= 0.3 is 0 Å². The molecule has 3 aliphatic rings. The number of allylic oxidation sites excluding steroid dienone is 6. The molecule has 0 aliphatic carbocycles. The maximum Gasteiger partial charge on any atom is 0.300 e. The van der Waals surface area contributed by atoms with E-state index in [0.717, 1.165) is 5.69 Å². The van der Waals surface area contributed by atoms with Crippen LogP contribution < -0.4 is 14.9 Å². The SMILES string of the molecule is C1=CC(=C2C=CN(c3cc4c5c(cccc5c3)C=[N+]=C4)C=C2)C=CN1. The minimum absolute atomic E-state index is 1.14. The molecule has 0 saturated heterocycles. The second-order valence-electron chi connectivity index (χ2n) is 6.17. The summed E-state index contributed by atoms with van der Waals surface area (Å²) in [6.07, 6.45) is 20.4. The molecule has 5 rings (SSSR count). The van der Waals surface area contributed by atoms with Gasteiger partial charge in [0.05, 0.1) is 11.1 Å². The first-order valence-corrected chi connectivity index (χ1v) is 8.30. The summed E-state index contributed by atoms with van der Waals surface area (Å²) in [6, 6.07) is 10.8. The number of anilines is 1. The molecule has 0 saturated carbocycles. The summed E-state index contributed by atoms with van der Waals surface area (Å²) in [5, 5.41) is 5.57. The molecule has 118 valence electrons. The lowest BCUT2D eigenvalue weighted by molar-refractivity contribution is 1.16. The van der Waals surface area contributed by atoms with Gasteiger partial charge < -0.3 is 10.2 Å². The Labute approximate surface area is 146 Å². The smallest absolute Gasteiger partial charge is 0.300 e. The molecule has 25 heavy (non-hydrogen) atoms. The Bertz CT molecular complexity index is 1070. The van der Waals surface area contributed by atoms with Gasteiger partial charge in [-0.05, 0) is 59.0 Å². The zero-order chi connectivity index (χ0) is 16.6. The summed E-state index contributed by atoms with van der Waals surface area (Å²) in [7, 11) is 0. The molecule has 3 heterocycles. The van der Waals surface area contributed by atoms with E-state index in [1.165, 1.54) is 33.0 Å². The van der Waals surface area contributed by atoms with Gasteiger partial charge in [0.15, 0.2) is 0 Å². The van der Waals surface area contributed by atoms with E-state index in [-0.39, 0.29) is 0 Å². The third-order valence-corrected chi connectivity index (χ3v) is 4.63. The van der Waals surface area contributed by atoms with E-state index in [1.807, 2.05) is 24.8 Å². The van der Waals surface area contributed by atoms with Crippen LogP contribution in [0.15, 0.2) is 90.6 Å². The lowest BCUT2D eigenvalue weighted by atomic mass is 9.97. The van der Waals surface area contributed by atoms with Crippen molar-refractivity contribution >= 4 is 28.9 Å². The standard InChI is InChI=1S/C22H16N3/c1-2-18-12-21(13-20-15-24-14-19(3-1)22(18)20)25-10-6-17(7-11-25)16-4-8-23-9-5-16/h1-15,23H/q+1. The molecule has 3 nitrogen and oxygen atoms in total. The molecule has 3 heteroatoms. The van der Waals surface area contributed by atoms with E-state index < -0.39 is 0 Å². The van der Waals surface area contributed by atoms with Crippen molar-refractivity contribution in [3.63, 3.8) is 0 Å². The molecule has 2 aromatic rings. The van der Waals surface area contributed by atoms with E-state index in [2.05, 4.69) is 81.9 Å². The zero-order valence-electron chi connectivity index (χ0n) is 13.6. The Morgan fingerprint density at radius 1 is 0.800 bits per heavy atom. The minimum atomic E-state index is 1.14. The summed E-state index contributed by atoms with van der Waals surface area (Å²) in [4.78, 5) is 2.15. The summed E-state index contributed by atoms with van der Waals surface area (Å²) >= 11 is 0. The van der Waals surface area contributed by atoms with Gasteiger partial charge in [0.25, 0.3) is 12.4 Å². The van der Waals surface area contributed by atoms with Crippen LogP contribution in [0.2, 0.25) is 0 Å². The Morgan fingerprint density at radius 3 is 2.40 bits per heavy atom. The summed E-state index contributed by atoms with van der Waals surface area (Å²) in [6.45, 7) is 0. The Kier molecular flexibility index (Phi) is 3.06. The maximum absolute atomic E-state index is 4.37. The fourth-order valence-electron chi connectivity index (χ4n) is 3.40. The predicted octanol–water partition coefficient (Wildman–Crippen LogP) is 3.53. The van der Waals surface area contributed by atoms with Gasteiger partial charge in [0.1, 0.15) is 0 Å². The highest BCUT2D eigenvalue weighted by molar-refractivity contribution is 6.12. The fraction of sp³-hybridized carbons (Fsp3) is 0. The van der Waals surface area contributed by atoms with E-state index in [1.54, 1.807) is 0 Å². The van der Waals surface area contributed by atoms with Crippen LogP contribution in [0.3, 0.4) is 0 Å². The molecule has 1 N–H and O–H groups in total. The lowest BCUT2D eigenvalue weighted by Crippen LogP contribution is -2.11. The van der Waals surface area contributed by atoms with Crippen molar-refractivity contribution in [2.45, 2.75) is 0 Å². The van der Waals surface area contributed by atoms with Gasteiger partial charge in [-0.1, -0.05) is 16.8 Å². The number of rotatable bonds is 1. The highest BCUT2D eigenvalue weighted by atomic mass is 15.1. The molecule has 0 spiro atoms. The molecular formula is C22H16N3+. The number of nitrogens with one attached hydrogen (secondary N) is 1. The third-order valence-electron chi connectivity index (χ3n) is 4.63. The summed E-state index contributed by atoms with van der Waals surface area (Å²) in [5.74, 6) is 0. The lowest BCUT2D eigenvalue weighted by Gasteiger charge is -2.21. The number of hydrogen-bond acceptors (Lipinski definition) is 2. The Balaban J connectivity index is 1.55. The number of dihydropyridines is 1. The second kappa shape index (κ2) is 5.52. The molecule has 0 amide bonds. The van der Waals surface area contributed by atoms with Crippen molar-refractivity contribution in [2.75, 3.05) is 4.90 Å². The molecule has 0 aromatic heterocycles.